The molecule has 1 aliphatic heterocycles. The Hall–Kier alpha value is -2.15. The zero-order chi connectivity index (χ0) is 17.1. The summed E-state index contributed by atoms with van der Waals surface area (Å²) in [6, 6.07) is 3.74. The first-order valence-electron chi connectivity index (χ1n) is 8.27. The molecule has 3 rings (SSSR count). The molecular formula is C17H22N4O2S. The second-order valence-electron chi connectivity index (χ2n) is 6.01. The number of carbonyl (C=O) groups excluding carboxylic acids is 1. The van der Waals surface area contributed by atoms with Gasteiger partial charge in [-0.1, -0.05) is 0 Å². The number of aromatic nitrogens is 3. The largest absolute Gasteiger partial charge is 0.462 e. The number of aromatic amines is 1. The monoisotopic (exact) mass is 346 g/mol. The molecule has 128 valence electrons. The second kappa shape index (κ2) is 7.17. The molecule has 0 aromatic carbocycles. The lowest BCUT2D eigenvalue weighted by molar-refractivity contribution is -0.127. The maximum absolute atomic E-state index is 12.3. The van der Waals surface area contributed by atoms with Crippen molar-refractivity contribution in [3.8, 4) is 0 Å². The molecule has 1 aliphatic rings. The van der Waals surface area contributed by atoms with E-state index in [1.165, 1.54) is 0 Å². The number of nitrogens with zero attached hydrogens (tertiary/aromatic N) is 3. The zero-order valence-electron chi connectivity index (χ0n) is 14.0. The van der Waals surface area contributed by atoms with Crippen molar-refractivity contribution in [2.24, 2.45) is 0 Å². The van der Waals surface area contributed by atoms with Crippen LogP contribution in [0.5, 0.6) is 0 Å². The Kier molecular flexibility index (Phi) is 4.99. The van der Waals surface area contributed by atoms with Crippen molar-refractivity contribution in [2.45, 2.75) is 39.2 Å². The molecular weight excluding hydrogens is 324 g/mol. The summed E-state index contributed by atoms with van der Waals surface area (Å²) in [5.74, 6) is 2.92. The van der Waals surface area contributed by atoms with Crippen molar-refractivity contribution < 1.29 is 9.21 Å². The average molecular weight is 346 g/mol. The summed E-state index contributed by atoms with van der Waals surface area (Å²) < 4.78 is 8.15. The van der Waals surface area contributed by atoms with Crippen molar-refractivity contribution in [3.63, 3.8) is 0 Å². The van der Waals surface area contributed by atoms with E-state index in [0.29, 0.717) is 16.4 Å². The fraction of sp³-hybridized carbons (Fsp3) is 0.471. The molecule has 2 aromatic heterocycles. The molecule has 1 fully saturated rings. The van der Waals surface area contributed by atoms with Crippen LogP contribution in [-0.2, 0) is 11.3 Å². The minimum Gasteiger partial charge on any atom is -0.462 e. The number of amides is 1. The molecule has 24 heavy (non-hydrogen) atoms. The summed E-state index contributed by atoms with van der Waals surface area (Å²) in [6.45, 7) is 6.22. The Bertz CT molecular complexity index is 794. The molecule has 6 nitrogen and oxygen atoms in total. The van der Waals surface area contributed by atoms with Crippen LogP contribution in [0.25, 0.3) is 6.08 Å². The van der Waals surface area contributed by atoms with Gasteiger partial charge in [-0.15, -0.1) is 0 Å². The van der Waals surface area contributed by atoms with Gasteiger partial charge in [-0.3, -0.25) is 9.89 Å². The van der Waals surface area contributed by atoms with Crippen LogP contribution in [0.15, 0.2) is 22.6 Å². The average Bonchev–Trinajstić information content (AvgIpc) is 3.18. The maximum Gasteiger partial charge on any atom is 0.246 e. The lowest BCUT2D eigenvalue weighted by atomic mass is 9.96. The quantitative estimate of drug-likeness (QED) is 0.681. The zero-order valence-corrected chi connectivity index (χ0v) is 14.8. The summed E-state index contributed by atoms with van der Waals surface area (Å²) in [7, 11) is 0. The fourth-order valence-electron chi connectivity index (χ4n) is 3.11. The van der Waals surface area contributed by atoms with Crippen molar-refractivity contribution in [1.29, 1.82) is 0 Å². The number of nitrogens with one attached hydrogen (secondary N) is 1. The fourth-order valence-corrected chi connectivity index (χ4v) is 3.38. The lowest BCUT2D eigenvalue weighted by Crippen LogP contribution is -2.37. The normalized spacial score (nSPS) is 16.2. The van der Waals surface area contributed by atoms with Crippen molar-refractivity contribution in [3.05, 3.63) is 40.3 Å². The Balaban J connectivity index is 1.59. The molecule has 2 aromatic rings. The van der Waals surface area contributed by atoms with Gasteiger partial charge in [0.1, 0.15) is 17.3 Å². The summed E-state index contributed by atoms with van der Waals surface area (Å²) in [5.41, 5.74) is 0. The van der Waals surface area contributed by atoms with Crippen LogP contribution in [0.4, 0.5) is 0 Å². The highest BCUT2D eigenvalue weighted by atomic mass is 32.1. The first kappa shape index (κ1) is 16.7. The van der Waals surface area contributed by atoms with Gasteiger partial charge in [-0.2, -0.15) is 5.10 Å². The summed E-state index contributed by atoms with van der Waals surface area (Å²) >= 11 is 5.25. The van der Waals surface area contributed by atoms with Crippen molar-refractivity contribution >= 4 is 24.2 Å². The van der Waals surface area contributed by atoms with Gasteiger partial charge in [0.15, 0.2) is 4.77 Å². The molecule has 0 saturated carbocycles. The van der Waals surface area contributed by atoms with Gasteiger partial charge in [0.25, 0.3) is 0 Å². The Morgan fingerprint density at radius 3 is 2.83 bits per heavy atom. The van der Waals surface area contributed by atoms with Crippen molar-refractivity contribution in [2.75, 3.05) is 13.1 Å². The van der Waals surface area contributed by atoms with E-state index in [-0.39, 0.29) is 5.91 Å². The van der Waals surface area contributed by atoms with E-state index in [9.17, 15) is 4.79 Å². The predicted molar refractivity (Wildman–Crippen MR) is 94.1 cm³/mol. The number of likely N-dealkylation sites (tertiary alicyclic amines) is 1. The predicted octanol–water partition coefficient (Wildman–Crippen LogP) is 3.28. The molecule has 7 heteroatoms. The van der Waals surface area contributed by atoms with Gasteiger partial charge < -0.3 is 13.9 Å². The van der Waals surface area contributed by atoms with Crippen LogP contribution >= 0.6 is 12.2 Å². The maximum atomic E-state index is 12.3. The van der Waals surface area contributed by atoms with Gasteiger partial charge in [-0.25, -0.2) is 0 Å². The number of hydrogen-bond donors (Lipinski definition) is 1. The summed E-state index contributed by atoms with van der Waals surface area (Å²) in [5, 5.41) is 7.25. The molecule has 1 amide bonds. The minimum atomic E-state index is 0.0249. The van der Waals surface area contributed by atoms with E-state index in [2.05, 4.69) is 17.1 Å². The minimum absolute atomic E-state index is 0.0249. The van der Waals surface area contributed by atoms with Crippen LogP contribution in [0.2, 0.25) is 0 Å². The lowest BCUT2D eigenvalue weighted by Gasteiger charge is -2.30. The number of H-pyrrole nitrogens is 1. The van der Waals surface area contributed by atoms with Crippen LogP contribution in [0.3, 0.4) is 0 Å². The molecule has 1 N–H and O–H groups in total. The molecule has 0 spiro atoms. The molecule has 0 unspecified atom stereocenters. The van der Waals surface area contributed by atoms with E-state index >= 15 is 0 Å². The van der Waals surface area contributed by atoms with E-state index < -0.39 is 0 Å². The van der Waals surface area contributed by atoms with E-state index in [4.69, 9.17) is 16.6 Å². The third-order valence-corrected chi connectivity index (χ3v) is 4.74. The van der Waals surface area contributed by atoms with Gasteiger partial charge in [-0.05, 0) is 57.1 Å². The Morgan fingerprint density at radius 2 is 2.21 bits per heavy atom. The molecule has 0 atom stereocenters. The van der Waals surface area contributed by atoms with Crippen molar-refractivity contribution in [1.82, 2.24) is 19.7 Å². The first-order chi connectivity index (χ1) is 11.6. The molecule has 0 radical (unpaired) electrons. The summed E-state index contributed by atoms with van der Waals surface area (Å²) in [4.78, 5) is 14.2. The van der Waals surface area contributed by atoms with Gasteiger partial charge >= 0.3 is 0 Å². The third-order valence-electron chi connectivity index (χ3n) is 4.43. The number of hydrogen-bond acceptors (Lipinski definition) is 4. The summed E-state index contributed by atoms with van der Waals surface area (Å²) in [6.07, 6.45) is 5.11. The number of piperidine rings is 1. The molecule has 3 heterocycles. The number of rotatable bonds is 4. The van der Waals surface area contributed by atoms with Crippen LogP contribution < -0.4 is 0 Å². The standard InChI is InChI=1S/C17H22N4O2S/c1-3-21-16(18-19-17(21)24)13-8-10-20(11-9-13)15(22)7-6-14-5-4-12(2)23-14/h4-7,13H,3,8-11H2,1-2H3,(H,19,24)/b7-6-. The topological polar surface area (TPSA) is 67.1 Å². The van der Waals surface area contributed by atoms with Gasteiger partial charge in [0.2, 0.25) is 5.91 Å². The second-order valence-corrected chi connectivity index (χ2v) is 6.40. The van der Waals surface area contributed by atoms with E-state index in [1.807, 2.05) is 28.5 Å². The molecule has 0 aliphatic carbocycles. The highest BCUT2D eigenvalue weighted by molar-refractivity contribution is 7.71. The van der Waals surface area contributed by atoms with Crippen LogP contribution in [0.1, 0.15) is 43.0 Å². The highest BCUT2D eigenvalue weighted by Crippen LogP contribution is 2.27. The molecule has 1 saturated heterocycles. The van der Waals surface area contributed by atoms with Gasteiger partial charge in [0, 0.05) is 31.6 Å². The van der Waals surface area contributed by atoms with E-state index in [0.717, 1.165) is 44.1 Å². The van der Waals surface area contributed by atoms with Crippen LogP contribution in [0, 0.1) is 11.7 Å². The SMILES string of the molecule is CCn1c(C2CCN(C(=O)/C=C\c3ccc(C)o3)CC2)n[nH]c1=S. The van der Waals surface area contributed by atoms with Gasteiger partial charge in [0.05, 0.1) is 0 Å². The first-order valence-corrected chi connectivity index (χ1v) is 8.68. The highest BCUT2D eigenvalue weighted by Gasteiger charge is 2.26. The third kappa shape index (κ3) is 3.51. The van der Waals surface area contributed by atoms with E-state index in [1.54, 1.807) is 12.2 Å². The van der Waals surface area contributed by atoms with Crippen LogP contribution in [-0.4, -0.2) is 38.7 Å². The Morgan fingerprint density at radius 1 is 1.46 bits per heavy atom. The number of furan rings is 1. The smallest absolute Gasteiger partial charge is 0.246 e. The number of aryl methyl sites for hydroxylation is 1. The molecule has 0 bridgehead atoms. The Labute approximate surface area is 146 Å². The number of carbonyl (C=O) groups is 1.